The SMILES string of the molecule is CCCCNC(=O)COCCOCCNC(=O)COCCOCCNC(=O)CCC(C=O)NC(=O)CCCCCCCCCOc1ccc(C(=O)O)cc1.CO. The summed E-state index contributed by atoms with van der Waals surface area (Å²) < 4.78 is 26.9. The van der Waals surface area contributed by atoms with E-state index >= 15 is 0 Å². The van der Waals surface area contributed by atoms with E-state index < -0.39 is 12.0 Å². The van der Waals surface area contributed by atoms with Gasteiger partial charge in [0.15, 0.2) is 0 Å². The molecule has 0 fully saturated rings. The molecule has 17 nitrogen and oxygen atoms in total. The summed E-state index contributed by atoms with van der Waals surface area (Å²) in [4.78, 5) is 70.0. The second-order valence-corrected chi connectivity index (χ2v) is 12.5. The molecule has 320 valence electrons. The second-order valence-electron chi connectivity index (χ2n) is 12.5. The summed E-state index contributed by atoms with van der Waals surface area (Å²) in [6.07, 6.45) is 9.89. The van der Waals surface area contributed by atoms with E-state index in [1.54, 1.807) is 12.1 Å². The Bertz CT molecular complexity index is 1190. The highest BCUT2D eigenvalue weighted by atomic mass is 16.5. The number of carboxylic acid groups (broad SMARTS) is 1. The van der Waals surface area contributed by atoms with Crippen LogP contribution in [0.5, 0.6) is 5.75 Å². The molecule has 1 aromatic carbocycles. The van der Waals surface area contributed by atoms with Crippen molar-refractivity contribution in [2.45, 2.75) is 90.0 Å². The fourth-order valence-corrected chi connectivity index (χ4v) is 4.78. The lowest BCUT2D eigenvalue weighted by atomic mass is 10.1. The van der Waals surface area contributed by atoms with Crippen molar-refractivity contribution in [2.24, 2.45) is 0 Å². The summed E-state index contributed by atoms with van der Waals surface area (Å²) in [5.41, 5.74) is 0.228. The lowest BCUT2D eigenvalue weighted by Crippen LogP contribution is -2.37. The maximum atomic E-state index is 12.3. The van der Waals surface area contributed by atoms with E-state index in [1.165, 1.54) is 12.1 Å². The highest BCUT2D eigenvalue weighted by Crippen LogP contribution is 2.14. The number of aromatic carboxylic acids is 1. The molecule has 0 saturated carbocycles. The molecule has 56 heavy (non-hydrogen) atoms. The normalized spacial score (nSPS) is 11.1. The van der Waals surface area contributed by atoms with Gasteiger partial charge >= 0.3 is 5.97 Å². The average Bonchev–Trinajstić information content (AvgIpc) is 3.20. The van der Waals surface area contributed by atoms with Gasteiger partial charge in [-0.2, -0.15) is 0 Å². The standard InChI is InChI=1S/C38H62N4O12.CH4O/c1-2-3-18-39-36(46)29-52-26-25-51-23-20-41-37(47)30-53-27-24-50-22-19-40-34(44)17-14-32(28-43)42-35(45)11-9-7-5-4-6-8-10-21-54-33-15-12-31(13-16-33)38(48)49;1-2/h12-13,15-16,28,32H,2-11,14,17-27,29-30H2,1H3,(H,39,46)(H,40,44)(H,41,47)(H,42,45)(H,48,49);2H,1H3. The van der Waals surface area contributed by atoms with Crippen molar-refractivity contribution in [3.8, 4) is 5.75 Å². The smallest absolute Gasteiger partial charge is 0.335 e. The Morgan fingerprint density at radius 3 is 1.68 bits per heavy atom. The van der Waals surface area contributed by atoms with E-state index in [2.05, 4.69) is 21.3 Å². The van der Waals surface area contributed by atoms with Gasteiger partial charge in [-0.3, -0.25) is 19.2 Å². The van der Waals surface area contributed by atoms with E-state index in [0.717, 1.165) is 64.9 Å². The summed E-state index contributed by atoms with van der Waals surface area (Å²) in [5.74, 6) is -1.21. The number of unbranched alkanes of at least 4 members (excludes halogenated alkanes) is 7. The fraction of sp³-hybridized carbons (Fsp3) is 0.692. The summed E-state index contributed by atoms with van der Waals surface area (Å²) in [5, 5.41) is 26.7. The van der Waals surface area contributed by atoms with Crippen molar-refractivity contribution >= 4 is 35.9 Å². The number of carbonyl (C=O) groups excluding carboxylic acids is 5. The van der Waals surface area contributed by atoms with Gasteiger partial charge in [-0.05, 0) is 49.9 Å². The van der Waals surface area contributed by atoms with Crippen molar-refractivity contribution in [3.05, 3.63) is 29.8 Å². The maximum absolute atomic E-state index is 12.3. The average molecular weight is 799 g/mol. The number of aliphatic hydroxyl groups excluding tert-OH is 1. The summed E-state index contributed by atoms with van der Waals surface area (Å²) >= 11 is 0. The molecule has 1 rings (SSSR count). The number of nitrogens with one attached hydrogen (secondary N) is 4. The van der Waals surface area contributed by atoms with E-state index in [0.29, 0.717) is 51.4 Å². The van der Waals surface area contributed by atoms with Crippen LogP contribution in [0, 0.1) is 0 Å². The first-order chi connectivity index (χ1) is 27.2. The Hall–Kier alpha value is -4.16. The Morgan fingerprint density at radius 2 is 1.12 bits per heavy atom. The lowest BCUT2D eigenvalue weighted by Gasteiger charge is -2.13. The molecule has 1 atom stereocenters. The number of benzene rings is 1. The van der Waals surface area contributed by atoms with Gasteiger partial charge in [0.1, 0.15) is 25.2 Å². The van der Waals surface area contributed by atoms with Crippen LogP contribution in [-0.2, 0) is 42.9 Å². The zero-order valence-electron chi connectivity index (χ0n) is 33.3. The first-order valence-electron chi connectivity index (χ1n) is 19.5. The van der Waals surface area contributed by atoms with Crippen LogP contribution in [-0.4, -0.2) is 138 Å². The quantitative estimate of drug-likeness (QED) is 0.0422. The Morgan fingerprint density at radius 1 is 0.607 bits per heavy atom. The van der Waals surface area contributed by atoms with Crippen molar-refractivity contribution in [1.29, 1.82) is 0 Å². The van der Waals surface area contributed by atoms with Gasteiger partial charge in [0.2, 0.25) is 23.6 Å². The van der Waals surface area contributed by atoms with Crippen LogP contribution in [0.15, 0.2) is 24.3 Å². The van der Waals surface area contributed by atoms with Crippen LogP contribution < -0.4 is 26.0 Å². The number of amides is 4. The molecular formula is C39H66N4O13. The summed E-state index contributed by atoms with van der Waals surface area (Å²) in [7, 11) is 1.00. The van der Waals surface area contributed by atoms with E-state index in [1.807, 2.05) is 6.92 Å². The zero-order valence-corrected chi connectivity index (χ0v) is 33.3. The largest absolute Gasteiger partial charge is 0.494 e. The molecule has 0 aliphatic rings. The molecule has 4 amide bonds. The number of ether oxygens (including phenoxy) is 5. The third-order valence-electron chi connectivity index (χ3n) is 7.81. The second kappa shape index (κ2) is 37.7. The van der Waals surface area contributed by atoms with Gasteiger partial charge in [0.05, 0.1) is 57.9 Å². The molecule has 0 heterocycles. The van der Waals surface area contributed by atoms with Crippen molar-refractivity contribution in [3.63, 3.8) is 0 Å². The zero-order chi connectivity index (χ0) is 41.5. The van der Waals surface area contributed by atoms with E-state index in [4.69, 9.17) is 33.9 Å². The minimum Gasteiger partial charge on any atom is -0.494 e. The first-order valence-corrected chi connectivity index (χ1v) is 19.5. The highest BCUT2D eigenvalue weighted by Gasteiger charge is 2.13. The molecule has 0 aliphatic carbocycles. The number of aldehydes is 1. The third kappa shape index (κ3) is 32.1. The van der Waals surface area contributed by atoms with Gasteiger partial charge in [-0.15, -0.1) is 0 Å². The van der Waals surface area contributed by atoms with Gasteiger partial charge in [0.25, 0.3) is 0 Å². The van der Waals surface area contributed by atoms with Gasteiger partial charge in [-0.25, -0.2) is 4.79 Å². The Labute approximate surface area is 331 Å². The van der Waals surface area contributed by atoms with Gasteiger partial charge in [0, 0.05) is 39.6 Å². The van der Waals surface area contributed by atoms with Gasteiger partial charge < -0.3 is 60.0 Å². The van der Waals surface area contributed by atoms with Crippen molar-refractivity contribution in [1.82, 2.24) is 21.3 Å². The minimum atomic E-state index is -0.965. The maximum Gasteiger partial charge on any atom is 0.335 e. The molecule has 0 aromatic heterocycles. The molecule has 1 aromatic rings. The summed E-state index contributed by atoms with van der Waals surface area (Å²) in [6.45, 7) is 5.31. The first kappa shape index (κ1) is 51.8. The minimum absolute atomic E-state index is 0.00608. The number of aliphatic hydroxyl groups is 1. The van der Waals surface area contributed by atoms with Crippen LogP contribution in [0.3, 0.4) is 0 Å². The number of carboxylic acids is 1. The van der Waals surface area contributed by atoms with Gasteiger partial charge in [-0.1, -0.05) is 45.4 Å². The molecular weight excluding hydrogens is 732 g/mol. The van der Waals surface area contributed by atoms with E-state index in [9.17, 15) is 28.8 Å². The Kier molecular flexibility index (Phi) is 34.9. The molecule has 17 heteroatoms. The summed E-state index contributed by atoms with van der Waals surface area (Å²) in [6, 6.07) is 5.63. The monoisotopic (exact) mass is 798 g/mol. The predicted octanol–water partition coefficient (Wildman–Crippen LogP) is 2.17. The third-order valence-corrected chi connectivity index (χ3v) is 7.81. The molecule has 1 unspecified atom stereocenters. The topological polar surface area (TPSA) is 237 Å². The molecule has 0 bridgehead atoms. The highest BCUT2D eigenvalue weighted by molar-refractivity contribution is 5.87. The van der Waals surface area contributed by atoms with E-state index in [-0.39, 0.29) is 88.2 Å². The van der Waals surface area contributed by atoms with Crippen LogP contribution in [0.25, 0.3) is 0 Å². The molecule has 6 N–H and O–H groups in total. The Balaban J connectivity index is 0.0000149. The van der Waals surface area contributed by atoms with Crippen LogP contribution in [0.1, 0.15) is 94.3 Å². The van der Waals surface area contributed by atoms with Crippen LogP contribution in [0.4, 0.5) is 0 Å². The van der Waals surface area contributed by atoms with Crippen LogP contribution in [0.2, 0.25) is 0 Å². The lowest BCUT2D eigenvalue weighted by molar-refractivity contribution is -0.127. The fourth-order valence-electron chi connectivity index (χ4n) is 4.78. The van der Waals surface area contributed by atoms with Crippen molar-refractivity contribution < 1.29 is 62.7 Å². The van der Waals surface area contributed by atoms with Crippen molar-refractivity contribution in [2.75, 3.05) is 86.2 Å². The number of carbonyl (C=O) groups is 6. The van der Waals surface area contributed by atoms with Crippen LogP contribution >= 0.6 is 0 Å². The molecule has 0 spiro atoms. The molecule has 0 radical (unpaired) electrons. The predicted molar refractivity (Wildman–Crippen MR) is 208 cm³/mol. The molecule has 0 saturated heterocycles. The number of hydrogen-bond acceptors (Lipinski definition) is 12. The molecule has 0 aliphatic heterocycles. The number of hydrogen-bond donors (Lipinski definition) is 6. The number of rotatable bonds is 36.